The maximum Gasteiger partial charge on any atom is 0.322 e. The fourth-order valence-corrected chi connectivity index (χ4v) is 1.92. The van der Waals surface area contributed by atoms with Crippen LogP contribution in [0.15, 0.2) is 22.6 Å². The molecule has 1 aliphatic carbocycles. The Kier molecular flexibility index (Phi) is 3.47. The Morgan fingerprint density at radius 2 is 2.10 bits per heavy atom. The standard InChI is InChI=1S/C14H15N3O4/c1-19-9-5-6-11(20-2)10(7-9)13-16-17-14(21-13)15-12(18)8-3-4-8/h5-8H,3-4H2,1-2H3,(H,15,17,18). The van der Waals surface area contributed by atoms with Crippen LogP contribution >= 0.6 is 0 Å². The molecule has 7 heteroatoms. The second-order valence-corrected chi connectivity index (χ2v) is 4.74. The molecule has 1 heterocycles. The number of nitrogens with one attached hydrogen (secondary N) is 1. The van der Waals surface area contributed by atoms with E-state index in [0.29, 0.717) is 17.1 Å². The summed E-state index contributed by atoms with van der Waals surface area (Å²) in [5.41, 5.74) is 0.608. The van der Waals surface area contributed by atoms with E-state index in [1.807, 2.05) is 0 Å². The lowest BCUT2D eigenvalue weighted by Crippen LogP contribution is -2.13. The van der Waals surface area contributed by atoms with Crippen LogP contribution in [0.25, 0.3) is 11.5 Å². The summed E-state index contributed by atoms with van der Waals surface area (Å²) in [6.07, 6.45) is 1.83. The fourth-order valence-electron chi connectivity index (χ4n) is 1.92. The number of aromatic nitrogens is 2. The summed E-state index contributed by atoms with van der Waals surface area (Å²) in [4.78, 5) is 11.7. The van der Waals surface area contributed by atoms with Crippen LogP contribution in [0, 0.1) is 5.92 Å². The van der Waals surface area contributed by atoms with E-state index in [0.717, 1.165) is 12.8 Å². The van der Waals surface area contributed by atoms with E-state index in [2.05, 4.69) is 15.5 Å². The molecule has 1 aromatic heterocycles. The minimum absolute atomic E-state index is 0.0757. The summed E-state index contributed by atoms with van der Waals surface area (Å²) in [5.74, 6) is 1.48. The molecule has 1 aliphatic rings. The predicted octanol–water partition coefficient (Wildman–Crippen LogP) is 2.10. The third-order valence-electron chi connectivity index (χ3n) is 3.24. The van der Waals surface area contributed by atoms with Crippen LogP contribution in [-0.2, 0) is 4.79 Å². The molecule has 0 saturated heterocycles. The number of hydrogen-bond acceptors (Lipinski definition) is 6. The normalized spacial score (nSPS) is 13.8. The molecule has 1 N–H and O–H groups in total. The molecule has 0 aliphatic heterocycles. The molecule has 0 spiro atoms. The summed E-state index contributed by atoms with van der Waals surface area (Å²) in [7, 11) is 3.12. The van der Waals surface area contributed by atoms with Crippen molar-refractivity contribution < 1.29 is 18.7 Å². The first-order valence-corrected chi connectivity index (χ1v) is 6.58. The maximum absolute atomic E-state index is 11.7. The highest BCUT2D eigenvalue weighted by atomic mass is 16.5. The van der Waals surface area contributed by atoms with E-state index < -0.39 is 0 Å². The molecule has 110 valence electrons. The zero-order valence-corrected chi connectivity index (χ0v) is 11.8. The summed E-state index contributed by atoms with van der Waals surface area (Å²) in [6.45, 7) is 0. The van der Waals surface area contributed by atoms with Crippen LogP contribution in [0.3, 0.4) is 0 Å². The van der Waals surface area contributed by atoms with E-state index >= 15 is 0 Å². The lowest BCUT2D eigenvalue weighted by molar-refractivity contribution is -0.117. The van der Waals surface area contributed by atoms with Gasteiger partial charge >= 0.3 is 6.01 Å². The van der Waals surface area contributed by atoms with Crippen molar-refractivity contribution in [3.05, 3.63) is 18.2 Å². The highest BCUT2D eigenvalue weighted by Crippen LogP contribution is 2.34. The van der Waals surface area contributed by atoms with E-state index in [-0.39, 0.29) is 23.7 Å². The average Bonchev–Trinajstić information content (AvgIpc) is 3.27. The summed E-state index contributed by atoms with van der Waals surface area (Å²) in [6, 6.07) is 5.35. The Balaban J connectivity index is 1.86. The van der Waals surface area contributed by atoms with Gasteiger partial charge in [0.2, 0.25) is 5.91 Å². The van der Waals surface area contributed by atoms with Crippen molar-refractivity contribution in [2.75, 3.05) is 19.5 Å². The molecule has 0 bridgehead atoms. The SMILES string of the molecule is COc1ccc(OC)c(-c2nnc(NC(=O)C3CC3)o2)c1. The minimum atomic E-state index is -0.0807. The Bertz CT molecular complexity index is 664. The summed E-state index contributed by atoms with van der Waals surface area (Å²) in [5, 5.41) is 10.4. The smallest absolute Gasteiger partial charge is 0.322 e. The van der Waals surface area contributed by atoms with Crippen LogP contribution in [0.2, 0.25) is 0 Å². The van der Waals surface area contributed by atoms with Crippen LogP contribution in [0.4, 0.5) is 6.01 Å². The molecule has 0 unspecified atom stereocenters. The van der Waals surface area contributed by atoms with Gasteiger partial charge in [0.15, 0.2) is 0 Å². The number of hydrogen-bond donors (Lipinski definition) is 1. The second-order valence-electron chi connectivity index (χ2n) is 4.74. The van der Waals surface area contributed by atoms with E-state index in [4.69, 9.17) is 13.9 Å². The van der Waals surface area contributed by atoms with Gasteiger partial charge in [-0.2, -0.15) is 0 Å². The van der Waals surface area contributed by atoms with Gasteiger partial charge in [0.1, 0.15) is 11.5 Å². The molecule has 2 aromatic rings. The lowest BCUT2D eigenvalue weighted by atomic mass is 10.2. The van der Waals surface area contributed by atoms with Crippen LogP contribution in [-0.4, -0.2) is 30.3 Å². The van der Waals surface area contributed by atoms with Gasteiger partial charge < -0.3 is 13.9 Å². The number of nitrogens with zero attached hydrogens (tertiary/aromatic N) is 2. The van der Waals surface area contributed by atoms with Crippen molar-refractivity contribution in [1.29, 1.82) is 0 Å². The van der Waals surface area contributed by atoms with Gasteiger partial charge in [-0.15, -0.1) is 5.10 Å². The monoisotopic (exact) mass is 289 g/mol. The topological polar surface area (TPSA) is 86.5 Å². The molecule has 1 amide bonds. The largest absolute Gasteiger partial charge is 0.497 e. The van der Waals surface area contributed by atoms with Gasteiger partial charge in [0, 0.05) is 5.92 Å². The number of benzene rings is 1. The highest BCUT2D eigenvalue weighted by molar-refractivity contribution is 5.92. The third kappa shape index (κ3) is 2.81. The summed E-state index contributed by atoms with van der Waals surface area (Å²) < 4.78 is 15.9. The fraction of sp³-hybridized carbons (Fsp3) is 0.357. The lowest BCUT2D eigenvalue weighted by Gasteiger charge is -2.07. The Morgan fingerprint density at radius 1 is 1.29 bits per heavy atom. The van der Waals surface area contributed by atoms with E-state index in [9.17, 15) is 4.79 Å². The Hall–Kier alpha value is -2.57. The van der Waals surface area contributed by atoms with Crippen molar-refractivity contribution >= 4 is 11.9 Å². The van der Waals surface area contributed by atoms with E-state index in [1.165, 1.54) is 0 Å². The molecule has 0 radical (unpaired) electrons. The zero-order valence-electron chi connectivity index (χ0n) is 11.8. The quantitative estimate of drug-likeness (QED) is 0.907. The first kappa shape index (κ1) is 13.4. The van der Waals surface area contributed by atoms with Crippen molar-refractivity contribution in [1.82, 2.24) is 10.2 Å². The number of carbonyl (C=O) groups excluding carboxylic acids is 1. The molecule has 1 aromatic carbocycles. The molecular weight excluding hydrogens is 274 g/mol. The maximum atomic E-state index is 11.7. The number of ether oxygens (including phenoxy) is 2. The summed E-state index contributed by atoms with van der Waals surface area (Å²) >= 11 is 0. The van der Waals surface area contributed by atoms with Gasteiger partial charge in [-0.1, -0.05) is 5.10 Å². The van der Waals surface area contributed by atoms with Crippen LogP contribution in [0.1, 0.15) is 12.8 Å². The van der Waals surface area contributed by atoms with Crippen molar-refractivity contribution in [2.24, 2.45) is 5.92 Å². The molecule has 0 atom stereocenters. The minimum Gasteiger partial charge on any atom is -0.497 e. The second kappa shape index (κ2) is 5.43. The molecule has 7 nitrogen and oxygen atoms in total. The Labute approximate surface area is 121 Å². The first-order valence-electron chi connectivity index (χ1n) is 6.58. The number of methoxy groups -OCH3 is 2. The molecule has 1 saturated carbocycles. The van der Waals surface area contributed by atoms with Gasteiger partial charge in [-0.3, -0.25) is 10.1 Å². The van der Waals surface area contributed by atoms with Gasteiger partial charge in [-0.05, 0) is 31.0 Å². The average molecular weight is 289 g/mol. The van der Waals surface area contributed by atoms with Gasteiger partial charge in [0.05, 0.1) is 19.8 Å². The molecule has 21 heavy (non-hydrogen) atoms. The Morgan fingerprint density at radius 3 is 2.76 bits per heavy atom. The number of carbonyl (C=O) groups is 1. The molecule has 3 rings (SSSR count). The van der Waals surface area contributed by atoms with Crippen LogP contribution in [0.5, 0.6) is 11.5 Å². The zero-order chi connectivity index (χ0) is 14.8. The van der Waals surface area contributed by atoms with Crippen LogP contribution < -0.4 is 14.8 Å². The molecular formula is C14H15N3O4. The molecule has 1 fully saturated rings. The van der Waals surface area contributed by atoms with E-state index in [1.54, 1.807) is 32.4 Å². The third-order valence-corrected chi connectivity index (χ3v) is 3.24. The van der Waals surface area contributed by atoms with Crippen molar-refractivity contribution in [2.45, 2.75) is 12.8 Å². The van der Waals surface area contributed by atoms with Crippen molar-refractivity contribution in [3.8, 4) is 23.0 Å². The predicted molar refractivity (Wildman–Crippen MR) is 74.2 cm³/mol. The van der Waals surface area contributed by atoms with Crippen molar-refractivity contribution in [3.63, 3.8) is 0 Å². The number of amides is 1. The first-order chi connectivity index (χ1) is 10.2. The van der Waals surface area contributed by atoms with Gasteiger partial charge in [-0.25, -0.2) is 0 Å². The number of anilines is 1. The van der Waals surface area contributed by atoms with Gasteiger partial charge in [0.25, 0.3) is 5.89 Å². The number of rotatable bonds is 5. The highest BCUT2D eigenvalue weighted by Gasteiger charge is 2.30.